The van der Waals surface area contributed by atoms with Crippen LogP contribution in [0.1, 0.15) is 6.92 Å². The van der Waals surface area contributed by atoms with Crippen LogP contribution in [0.3, 0.4) is 0 Å². The molecule has 0 aliphatic carbocycles. The minimum atomic E-state index is 0.190. The van der Waals surface area contributed by atoms with Gasteiger partial charge in [-0.15, -0.1) is 0 Å². The van der Waals surface area contributed by atoms with Crippen LogP contribution in [0.5, 0.6) is 0 Å². The molecule has 0 spiro atoms. The zero-order valence-corrected chi connectivity index (χ0v) is 5.54. The van der Waals surface area contributed by atoms with Crippen LogP contribution in [0.4, 0.5) is 0 Å². The molecule has 2 aliphatic rings. The van der Waals surface area contributed by atoms with Crippen molar-refractivity contribution in [2.45, 2.75) is 19.1 Å². The van der Waals surface area contributed by atoms with Crippen LogP contribution in [0.25, 0.3) is 0 Å². The highest BCUT2D eigenvalue weighted by Gasteiger charge is 2.19. The highest BCUT2D eigenvalue weighted by molar-refractivity contribution is 4.65. The molecule has 3 heteroatoms. The second-order valence-corrected chi connectivity index (χ2v) is 2.28. The molecule has 2 fully saturated rings. The van der Waals surface area contributed by atoms with Gasteiger partial charge in [-0.2, -0.15) is 0 Å². The number of hydrogen-bond acceptors (Lipinski definition) is 3. The van der Waals surface area contributed by atoms with Gasteiger partial charge in [0.2, 0.25) is 0 Å². The van der Waals surface area contributed by atoms with Crippen molar-refractivity contribution in [2.75, 3.05) is 19.8 Å². The molecule has 2 aliphatic heterocycles. The monoisotopic (exact) mass is 132 g/mol. The fraction of sp³-hybridized carbons (Fsp3) is 1.00. The standard InChI is InChI=1S/C3H6O2.C3H6O/c4-1-3-2-5-3;1-3-2-4-3/h3-4H,1-2H2;3H,2H2,1H3/t2*3-/m00/s1. The molecular weight excluding hydrogens is 120 g/mol. The lowest BCUT2D eigenvalue weighted by molar-refractivity contribution is 0.244. The third kappa shape index (κ3) is 4.39. The molecule has 0 radical (unpaired) electrons. The van der Waals surface area contributed by atoms with Crippen molar-refractivity contribution >= 4 is 0 Å². The van der Waals surface area contributed by atoms with Crippen LogP contribution in [0, 0.1) is 0 Å². The smallest absolute Gasteiger partial charge is 0.104 e. The zero-order chi connectivity index (χ0) is 6.69. The molecule has 0 aromatic heterocycles. The number of aliphatic hydroxyl groups excluding tert-OH is 1. The van der Waals surface area contributed by atoms with Crippen LogP contribution in [-0.2, 0) is 9.47 Å². The van der Waals surface area contributed by atoms with Gasteiger partial charge in [-0.1, -0.05) is 0 Å². The van der Waals surface area contributed by atoms with E-state index in [1.165, 1.54) is 0 Å². The number of epoxide rings is 2. The fourth-order valence-corrected chi connectivity index (χ4v) is 0.270. The Bertz CT molecular complexity index is 76.4. The van der Waals surface area contributed by atoms with Crippen molar-refractivity contribution in [2.24, 2.45) is 0 Å². The van der Waals surface area contributed by atoms with Crippen molar-refractivity contribution in [1.82, 2.24) is 0 Å². The molecule has 3 nitrogen and oxygen atoms in total. The van der Waals surface area contributed by atoms with Gasteiger partial charge in [0, 0.05) is 0 Å². The normalized spacial score (nSPS) is 36.7. The molecule has 2 saturated heterocycles. The summed E-state index contributed by atoms with van der Waals surface area (Å²) in [4.78, 5) is 0. The van der Waals surface area contributed by atoms with Crippen LogP contribution < -0.4 is 0 Å². The first kappa shape index (κ1) is 6.99. The lowest BCUT2D eigenvalue weighted by Crippen LogP contribution is -1.88. The Morgan fingerprint density at radius 3 is 1.89 bits per heavy atom. The van der Waals surface area contributed by atoms with Gasteiger partial charge in [-0.3, -0.25) is 0 Å². The third-order valence-electron chi connectivity index (χ3n) is 1.11. The molecule has 0 bridgehead atoms. The first-order valence-electron chi connectivity index (χ1n) is 3.17. The van der Waals surface area contributed by atoms with Gasteiger partial charge in [0.05, 0.1) is 25.9 Å². The summed E-state index contributed by atoms with van der Waals surface area (Å²) in [5, 5.41) is 8.08. The van der Waals surface area contributed by atoms with E-state index in [2.05, 4.69) is 11.7 Å². The van der Waals surface area contributed by atoms with E-state index in [-0.39, 0.29) is 12.7 Å². The molecule has 0 saturated carbocycles. The number of rotatable bonds is 1. The summed E-state index contributed by atoms with van der Waals surface area (Å²) in [6.45, 7) is 4.00. The second-order valence-electron chi connectivity index (χ2n) is 2.28. The van der Waals surface area contributed by atoms with Crippen LogP contribution in [0.15, 0.2) is 0 Å². The average molecular weight is 132 g/mol. The Labute approximate surface area is 54.6 Å². The summed E-state index contributed by atoms with van der Waals surface area (Å²) in [5.74, 6) is 0. The Morgan fingerprint density at radius 1 is 1.44 bits per heavy atom. The Kier molecular flexibility index (Phi) is 2.45. The molecule has 2 rings (SSSR count). The summed E-state index contributed by atoms with van der Waals surface area (Å²) >= 11 is 0. The molecule has 2 atom stereocenters. The maximum Gasteiger partial charge on any atom is 0.104 e. The lowest BCUT2D eigenvalue weighted by atomic mass is 10.5. The molecule has 0 amide bonds. The number of aliphatic hydroxyl groups is 1. The van der Waals surface area contributed by atoms with Gasteiger partial charge >= 0.3 is 0 Å². The first-order valence-corrected chi connectivity index (χ1v) is 3.17. The molecular formula is C6H12O3. The molecule has 1 N–H and O–H groups in total. The molecule has 9 heavy (non-hydrogen) atoms. The fourth-order valence-electron chi connectivity index (χ4n) is 0.270. The summed E-state index contributed by atoms with van der Waals surface area (Å²) in [5.41, 5.74) is 0. The summed E-state index contributed by atoms with van der Waals surface area (Å²) in [6, 6.07) is 0. The Balaban J connectivity index is 0.0000000922. The average Bonchev–Trinajstić information content (AvgIpc) is 2.57. The zero-order valence-electron chi connectivity index (χ0n) is 5.54. The Hall–Kier alpha value is -0.120. The van der Waals surface area contributed by atoms with E-state index in [9.17, 15) is 0 Å². The molecule has 54 valence electrons. The van der Waals surface area contributed by atoms with Gasteiger partial charge < -0.3 is 14.6 Å². The van der Waals surface area contributed by atoms with E-state index >= 15 is 0 Å². The van der Waals surface area contributed by atoms with E-state index in [4.69, 9.17) is 9.84 Å². The quantitative estimate of drug-likeness (QED) is 0.502. The van der Waals surface area contributed by atoms with Gasteiger partial charge in [0.1, 0.15) is 6.10 Å². The maximum atomic E-state index is 8.08. The minimum Gasteiger partial charge on any atom is -0.394 e. The van der Waals surface area contributed by atoms with Crippen LogP contribution >= 0.6 is 0 Å². The summed E-state index contributed by atoms with van der Waals surface area (Å²) in [7, 11) is 0. The number of ether oxygens (including phenoxy) is 2. The van der Waals surface area contributed by atoms with Crippen molar-refractivity contribution in [3.8, 4) is 0 Å². The maximum absolute atomic E-state index is 8.08. The molecule has 0 aromatic rings. The SMILES string of the molecule is C[C@H]1CO1.OC[C@H]1CO1. The van der Waals surface area contributed by atoms with E-state index < -0.39 is 0 Å². The van der Waals surface area contributed by atoms with Crippen molar-refractivity contribution in [3.05, 3.63) is 0 Å². The summed E-state index contributed by atoms with van der Waals surface area (Å²) in [6.07, 6.45) is 0.773. The van der Waals surface area contributed by atoms with E-state index in [0.717, 1.165) is 13.2 Å². The van der Waals surface area contributed by atoms with Crippen LogP contribution in [-0.4, -0.2) is 37.1 Å². The molecule has 2 heterocycles. The van der Waals surface area contributed by atoms with Crippen molar-refractivity contribution in [1.29, 1.82) is 0 Å². The van der Waals surface area contributed by atoms with Gasteiger partial charge in [0.25, 0.3) is 0 Å². The molecule has 0 aromatic carbocycles. The molecule has 0 unspecified atom stereocenters. The van der Waals surface area contributed by atoms with Gasteiger partial charge in [0.15, 0.2) is 0 Å². The van der Waals surface area contributed by atoms with Crippen molar-refractivity contribution in [3.63, 3.8) is 0 Å². The van der Waals surface area contributed by atoms with E-state index in [1.807, 2.05) is 0 Å². The Morgan fingerprint density at radius 2 is 1.89 bits per heavy atom. The summed E-state index contributed by atoms with van der Waals surface area (Å²) < 4.78 is 9.32. The van der Waals surface area contributed by atoms with Crippen LogP contribution in [0.2, 0.25) is 0 Å². The van der Waals surface area contributed by atoms with E-state index in [0.29, 0.717) is 6.10 Å². The number of hydrogen-bond donors (Lipinski definition) is 1. The van der Waals surface area contributed by atoms with Crippen molar-refractivity contribution < 1.29 is 14.6 Å². The largest absolute Gasteiger partial charge is 0.394 e. The lowest BCUT2D eigenvalue weighted by Gasteiger charge is -1.70. The topological polar surface area (TPSA) is 45.3 Å². The second kappa shape index (κ2) is 3.15. The third-order valence-corrected chi connectivity index (χ3v) is 1.11. The predicted molar refractivity (Wildman–Crippen MR) is 32.2 cm³/mol. The van der Waals surface area contributed by atoms with E-state index in [1.54, 1.807) is 0 Å². The first-order chi connectivity index (χ1) is 4.33. The highest BCUT2D eigenvalue weighted by Crippen LogP contribution is 2.05. The van der Waals surface area contributed by atoms with Gasteiger partial charge in [-0.05, 0) is 6.92 Å². The predicted octanol–water partition coefficient (Wildman–Crippen LogP) is -0.217. The highest BCUT2D eigenvalue weighted by atomic mass is 16.6. The van der Waals surface area contributed by atoms with Gasteiger partial charge in [-0.25, -0.2) is 0 Å². The minimum absolute atomic E-state index is 0.190.